The molecule has 8 nitrogen and oxygen atoms in total. The lowest BCUT2D eigenvalue weighted by molar-refractivity contribution is -0.137. The van der Waals surface area contributed by atoms with E-state index in [1.165, 1.54) is 0 Å². The fourth-order valence-electron chi connectivity index (χ4n) is 4.96. The number of urea groups is 1. The van der Waals surface area contributed by atoms with Crippen LogP contribution >= 0.6 is 23.2 Å². The van der Waals surface area contributed by atoms with Gasteiger partial charge in [-0.25, -0.2) is 4.79 Å². The molecule has 0 saturated carbocycles. The minimum Gasteiger partial charge on any atom is -0.354 e. The molecule has 2 aliphatic heterocycles. The fourth-order valence-corrected chi connectivity index (χ4v) is 5.47. The van der Waals surface area contributed by atoms with Gasteiger partial charge in [0.05, 0.1) is 6.67 Å². The summed E-state index contributed by atoms with van der Waals surface area (Å²) in [6, 6.07) is 15.0. The molecule has 0 atom stereocenters. The molecule has 0 aromatic heterocycles. The Morgan fingerprint density at radius 3 is 2.39 bits per heavy atom. The molecule has 2 aliphatic rings. The van der Waals surface area contributed by atoms with E-state index >= 15 is 0 Å². The van der Waals surface area contributed by atoms with Gasteiger partial charge < -0.3 is 24.9 Å². The van der Waals surface area contributed by atoms with Crippen molar-refractivity contribution in [2.75, 3.05) is 51.8 Å². The van der Waals surface area contributed by atoms with E-state index in [0.717, 1.165) is 11.3 Å². The maximum absolute atomic E-state index is 13.7. The number of halogens is 2. The number of para-hydroxylation sites is 1. The molecule has 0 aliphatic carbocycles. The fraction of sp³-hybridized carbons (Fsp3) is 0.423. The predicted molar refractivity (Wildman–Crippen MR) is 141 cm³/mol. The van der Waals surface area contributed by atoms with Crippen LogP contribution in [0.4, 0.5) is 10.5 Å². The summed E-state index contributed by atoms with van der Waals surface area (Å²) in [7, 11) is 3.45. The van der Waals surface area contributed by atoms with Crippen LogP contribution < -0.4 is 10.2 Å². The Balaban J connectivity index is 1.43. The largest absolute Gasteiger partial charge is 0.354 e. The number of carbonyl (C=O) groups excluding carboxylic acids is 3. The van der Waals surface area contributed by atoms with Gasteiger partial charge in [0.15, 0.2) is 0 Å². The Hall–Kier alpha value is -2.97. The van der Waals surface area contributed by atoms with Gasteiger partial charge in [0, 0.05) is 49.5 Å². The first-order chi connectivity index (χ1) is 17.2. The summed E-state index contributed by atoms with van der Waals surface area (Å²) in [6.07, 6.45) is 1.58. The Morgan fingerprint density at radius 2 is 1.75 bits per heavy atom. The predicted octanol–water partition coefficient (Wildman–Crippen LogP) is 3.47. The summed E-state index contributed by atoms with van der Waals surface area (Å²) in [5.41, 5.74) is 1.05. The van der Waals surface area contributed by atoms with Gasteiger partial charge in [-0.1, -0.05) is 47.5 Å². The maximum atomic E-state index is 13.7. The van der Waals surface area contributed by atoms with E-state index in [1.807, 2.05) is 36.4 Å². The molecular formula is C26H31Cl2N5O3. The zero-order valence-electron chi connectivity index (χ0n) is 20.5. The second-order valence-electron chi connectivity index (χ2n) is 9.44. The molecule has 2 saturated heterocycles. The number of nitrogens with zero attached hydrogens (tertiary/aromatic N) is 4. The number of carbonyl (C=O) groups is 3. The molecule has 2 aromatic rings. The third-order valence-corrected chi connectivity index (χ3v) is 7.48. The number of hydrogen-bond acceptors (Lipinski definition) is 4. The first-order valence-electron chi connectivity index (χ1n) is 12.0. The Kier molecular flexibility index (Phi) is 7.95. The molecule has 2 fully saturated rings. The Labute approximate surface area is 221 Å². The number of likely N-dealkylation sites (tertiary alicyclic amines) is 1. The van der Waals surface area contributed by atoms with Crippen molar-refractivity contribution in [3.8, 4) is 0 Å². The number of piperidine rings is 1. The van der Waals surface area contributed by atoms with E-state index in [1.54, 1.807) is 40.9 Å². The van der Waals surface area contributed by atoms with Crippen LogP contribution in [-0.2, 0) is 16.0 Å². The van der Waals surface area contributed by atoms with Gasteiger partial charge in [-0.3, -0.25) is 9.59 Å². The van der Waals surface area contributed by atoms with Crippen LogP contribution in [0.5, 0.6) is 0 Å². The van der Waals surface area contributed by atoms with Crippen LogP contribution in [0, 0.1) is 0 Å². The van der Waals surface area contributed by atoms with Crippen molar-refractivity contribution in [2.45, 2.75) is 24.8 Å². The Bertz CT molecular complexity index is 1120. The van der Waals surface area contributed by atoms with Gasteiger partial charge in [0.25, 0.3) is 5.91 Å². The van der Waals surface area contributed by atoms with Crippen molar-refractivity contribution in [2.24, 2.45) is 0 Å². The van der Waals surface area contributed by atoms with Crippen LogP contribution in [0.1, 0.15) is 18.4 Å². The highest BCUT2D eigenvalue weighted by molar-refractivity contribution is 6.35. The smallest absolute Gasteiger partial charge is 0.319 e. The summed E-state index contributed by atoms with van der Waals surface area (Å²) in [6.45, 7) is 1.65. The normalized spacial score (nSPS) is 17.0. The minimum absolute atomic E-state index is 0.0292. The number of rotatable bonds is 6. The second kappa shape index (κ2) is 11.0. The molecule has 192 valence electrons. The van der Waals surface area contributed by atoms with Gasteiger partial charge in [-0.05, 0) is 49.1 Å². The second-order valence-corrected chi connectivity index (χ2v) is 10.3. The van der Waals surface area contributed by atoms with E-state index in [-0.39, 0.29) is 24.4 Å². The molecule has 4 rings (SSSR count). The van der Waals surface area contributed by atoms with Crippen LogP contribution in [0.2, 0.25) is 10.0 Å². The highest BCUT2D eigenvalue weighted by Crippen LogP contribution is 2.39. The highest BCUT2D eigenvalue weighted by Gasteiger charge is 2.54. The van der Waals surface area contributed by atoms with Gasteiger partial charge in [-0.15, -0.1) is 0 Å². The van der Waals surface area contributed by atoms with E-state index in [2.05, 4.69) is 10.2 Å². The molecule has 10 heteroatoms. The van der Waals surface area contributed by atoms with Gasteiger partial charge in [0.2, 0.25) is 5.91 Å². The number of anilines is 1. The summed E-state index contributed by atoms with van der Waals surface area (Å²) < 4.78 is 0. The van der Waals surface area contributed by atoms with Gasteiger partial charge in [-0.2, -0.15) is 0 Å². The van der Waals surface area contributed by atoms with Crippen molar-refractivity contribution in [3.63, 3.8) is 0 Å². The van der Waals surface area contributed by atoms with Crippen molar-refractivity contribution in [1.29, 1.82) is 0 Å². The number of nitrogens with one attached hydrogen (secondary N) is 1. The third kappa shape index (κ3) is 5.39. The standard InChI is InChI=1S/C26H31Cl2N5O3/c1-30(2)25(36)31-14-11-26(12-15-31)24(35)32(18-33(26)21-6-4-3-5-7-21)17-23(34)29-13-10-19-8-9-20(27)16-22(19)28/h3-9,16H,10-15,17-18H2,1-2H3,(H,29,34). The molecule has 0 unspecified atom stereocenters. The summed E-state index contributed by atoms with van der Waals surface area (Å²) in [5.74, 6) is -0.294. The zero-order valence-corrected chi connectivity index (χ0v) is 22.1. The van der Waals surface area contributed by atoms with Crippen LogP contribution in [-0.4, -0.2) is 85.0 Å². The van der Waals surface area contributed by atoms with E-state index in [4.69, 9.17) is 23.2 Å². The average Bonchev–Trinajstić information content (AvgIpc) is 3.12. The minimum atomic E-state index is -0.776. The lowest BCUT2D eigenvalue weighted by Crippen LogP contribution is -2.58. The summed E-state index contributed by atoms with van der Waals surface area (Å²) in [5, 5.41) is 4.02. The Morgan fingerprint density at radius 1 is 1.06 bits per heavy atom. The van der Waals surface area contributed by atoms with Crippen LogP contribution in [0.15, 0.2) is 48.5 Å². The molecular weight excluding hydrogens is 501 g/mol. The van der Waals surface area contributed by atoms with E-state index < -0.39 is 5.54 Å². The van der Waals surface area contributed by atoms with Crippen molar-refractivity contribution < 1.29 is 14.4 Å². The molecule has 2 aromatic carbocycles. The van der Waals surface area contributed by atoms with Crippen molar-refractivity contribution in [1.82, 2.24) is 20.0 Å². The van der Waals surface area contributed by atoms with E-state index in [0.29, 0.717) is 55.6 Å². The SMILES string of the molecule is CN(C)C(=O)N1CCC2(CC1)C(=O)N(CC(=O)NCCc1ccc(Cl)cc1Cl)CN2c1ccccc1. The molecule has 1 N–H and O–H groups in total. The monoisotopic (exact) mass is 531 g/mol. The lowest BCUT2D eigenvalue weighted by Gasteiger charge is -2.43. The zero-order chi connectivity index (χ0) is 25.9. The third-order valence-electron chi connectivity index (χ3n) is 6.89. The quantitative estimate of drug-likeness (QED) is 0.619. The maximum Gasteiger partial charge on any atom is 0.319 e. The first-order valence-corrected chi connectivity index (χ1v) is 12.8. The van der Waals surface area contributed by atoms with Crippen molar-refractivity contribution >= 4 is 46.7 Å². The van der Waals surface area contributed by atoms with Crippen LogP contribution in [0.3, 0.4) is 0 Å². The number of amides is 4. The number of benzene rings is 2. The molecule has 0 radical (unpaired) electrons. The molecule has 0 bridgehead atoms. The molecule has 4 amide bonds. The molecule has 2 heterocycles. The lowest BCUT2D eigenvalue weighted by atomic mass is 9.85. The van der Waals surface area contributed by atoms with Gasteiger partial charge >= 0.3 is 6.03 Å². The molecule has 36 heavy (non-hydrogen) atoms. The average molecular weight is 532 g/mol. The highest BCUT2D eigenvalue weighted by atomic mass is 35.5. The molecule has 1 spiro atoms. The van der Waals surface area contributed by atoms with Gasteiger partial charge in [0.1, 0.15) is 12.1 Å². The van der Waals surface area contributed by atoms with Crippen molar-refractivity contribution in [3.05, 3.63) is 64.1 Å². The number of hydrogen-bond donors (Lipinski definition) is 1. The van der Waals surface area contributed by atoms with E-state index in [9.17, 15) is 14.4 Å². The summed E-state index contributed by atoms with van der Waals surface area (Å²) in [4.78, 5) is 46.0. The van der Waals surface area contributed by atoms with Crippen LogP contribution in [0.25, 0.3) is 0 Å². The topological polar surface area (TPSA) is 76.2 Å². The summed E-state index contributed by atoms with van der Waals surface area (Å²) >= 11 is 12.2. The first kappa shape index (κ1) is 26.1.